The summed E-state index contributed by atoms with van der Waals surface area (Å²) in [5, 5.41) is 3.99. The summed E-state index contributed by atoms with van der Waals surface area (Å²) in [6.45, 7) is 2.65. The molecule has 6 fully saturated rings. The second kappa shape index (κ2) is 5.13. The van der Waals surface area contributed by atoms with Crippen molar-refractivity contribution in [2.24, 2.45) is 47.3 Å². The van der Waals surface area contributed by atoms with Crippen LogP contribution in [0.5, 0.6) is 0 Å². The fourth-order valence-electron chi connectivity index (χ4n) is 8.47. The molecule has 3 nitrogen and oxygen atoms in total. The molecule has 1 N–H and O–H groups in total. The first-order chi connectivity index (χ1) is 11.8. The minimum atomic E-state index is -0.160. The van der Waals surface area contributed by atoms with E-state index < -0.39 is 0 Å². The van der Waals surface area contributed by atoms with Crippen LogP contribution in [0.3, 0.4) is 0 Å². The van der Waals surface area contributed by atoms with Gasteiger partial charge in [-0.05, 0) is 82.2 Å². The van der Waals surface area contributed by atoms with E-state index in [1.165, 1.54) is 15.6 Å². The van der Waals surface area contributed by atoms with Gasteiger partial charge in [0.2, 0.25) is 0 Å². The number of halogens is 2. The van der Waals surface area contributed by atoms with Crippen molar-refractivity contribution in [1.82, 2.24) is 5.32 Å². The van der Waals surface area contributed by atoms with Crippen LogP contribution in [0.4, 0.5) is 0 Å². The molecule has 25 heavy (non-hydrogen) atoms. The van der Waals surface area contributed by atoms with Crippen LogP contribution < -0.4 is 5.32 Å². The lowest BCUT2D eigenvalue weighted by Crippen LogP contribution is -2.62. The fourth-order valence-corrected chi connectivity index (χ4v) is 9.07. The Kier molecular flexibility index (Phi) is 3.31. The minimum Gasteiger partial charge on any atom is -0.347 e. The minimum absolute atomic E-state index is 0. The number of fused-ring (bicyclic) bond motifs is 4. The maximum Gasteiger partial charge on any atom is 0.175 e. The summed E-state index contributed by atoms with van der Waals surface area (Å²) in [4.78, 5) is 0. The van der Waals surface area contributed by atoms with Gasteiger partial charge >= 0.3 is 0 Å². The predicted molar refractivity (Wildman–Crippen MR) is 104 cm³/mol. The molecule has 0 aromatic heterocycles. The van der Waals surface area contributed by atoms with Gasteiger partial charge in [0.1, 0.15) is 0 Å². The van der Waals surface area contributed by atoms with Gasteiger partial charge in [-0.1, -0.05) is 12.1 Å². The number of benzene rings is 1. The molecule has 2 bridgehead atoms. The molecule has 9 unspecified atom stereocenters. The van der Waals surface area contributed by atoms with Crippen LogP contribution in [0.2, 0.25) is 0 Å². The lowest BCUT2D eigenvalue weighted by Gasteiger charge is -2.54. The molecule has 9 atom stereocenters. The maximum absolute atomic E-state index is 6.34. The highest BCUT2D eigenvalue weighted by Crippen LogP contribution is 2.86. The SMILES string of the molecule is Cl.Ic1cccc(CNC2C3C4CC5C6C4C2C6C2(OCCO2)C53)c1. The number of hydrogen-bond donors (Lipinski definition) is 1. The lowest BCUT2D eigenvalue weighted by atomic mass is 9.57. The van der Waals surface area contributed by atoms with E-state index in [0.717, 1.165) is 55.3 Å². The zero-order valence-electron chi connectivity index (χ0n) is 13.9. The fraction of sp³-hybridized carbons (Fsp3) is 0.700. The topological polar surface area (TPSA) is 30.5 Å². The Morgan fingerprint density at radius 2 is 1.88 bits per heavy atom. The van der Waals surface area contributed by atoms with Crippen LogP contribution in [0.15, 0.2) is 24.3 Å². The third-order valence-corrected chi connectivity index (χ3v) is 9.22. The highest BCUT2D eigenvalue weighted by molar-refractivity contribution is 14.1. The second-order valence-corrected chi connectivity index (χ2v) is 10.1. The van der Waals surface area contributed by atoms with Crippen molar-refractivity contribution in [2.75, 3.05) is 13.2 Å². The van der Waals surface area contributed by atoms with Crippen molar-refractivity contribution in [2.45, 2.75) is 24.8 Å². The van der Waals surface area contributed by atoms with Crippen LogP contribution in [0.1, 0.15) is 12.0 Å². The highest BCUT2D eigenvalue weighted by atomic mass is 127. The van der Waals surface area contributed by atoms with E-state index in [9.17, 15) is 0 Å². The number of nitrogens with one attached hydrogen (secondary N) is 1. The van der Waals surface area contributed by atoms with Gasteiger partial charge in [-0.3, -0.25) is 0 Å². The predicted octanol–water partition coefficient (Wildman–Crippen LogP) is 3.30. The molecule has 5 saturated carbocycles. The van der Waals surface area contributed by atoms with Crippen LogP contribution in [0, 0.1) is 50.9 Å². The van der Waals surface area contributed by atoms with E-state index >= 15 is 0 Å². The second-order valence-electron chi connectivity index (χ2n) is 8.88. The molecule has 1 aliphatic heterocycles. The smallest absolute Gasteiger partial charge is 0.175 e. The molecule has 1 saturated heterocycles. The van der Waals surface area contributed by atoms with Gasteiger partial charge in [-0.15, -0.1) is 12.4 Å². The van der Waals surface area contributed by atoms with Gasteiger partial charge < -0.3 is 14.8 Å². The average molecular weight is 472 g/mol. The number of hydrogen-bond acceptors (Lipinski definition) is 3. The van der Waals surface area contributed by atoms with E-state index in [2.05, 4.69) is 52.2 Å². The first-order valence-corrected chi connectivity index (χ1v) is 10.6. The molecule has 5 heteroatoms. The molecule has 7 rings (SSSR count). The Bertz CT molecular complexity index is 738. The molecule has 0 radical (unpaired) electrons. The Balaban J connectivity index is 0.00000129. The normalized spacial score (nSPS) is 51.3. The van der Waals surface area contributed by atoms with Crippen molar-refractivity contribution >= 4 is 35.0 Å². The highest BCUT2D eigenvalue weighted by Gasteiger charge is 2.88. The van der Waals surface area contributed by atoms with Gasteiger partial charge in [0, 0.05) is 28.0 Å². The number of ether oxygens (including phenoxy) is 2. The van der Waals surface area contributed by atoms with E-state index in [1.54, 1.807) is 0 Å². The van der Waals surface area contributed by atoms with Crippen molar-refractivity contribution < 1.29 is 9.47 Å². The summed E-state index contributed by atoms with van der Waals surface area (Å²) in [6, 6.07) is 9.62. The lowest BCUT2D eigenvalue weighted by molar-refractivity contribution is -0.264. The van der Waals surface area contributed by atoms with E-state index in [-0.39, 0.29) is 18.2 Å². The average Bonchev–Trinajstić information content (AvgIpc) is 3.23. The van der Waals surface area contributed by atoms with E-state index in [1.807, 2.05) is 0 Å². The summed E-state index contributed by atoms with van der Waals surface area (Å²) >= 11 is 2.41. The summed E-state index contributed by atoms with van der Waals surface area (Å²) in [5.41, 5.74) is 1.42. The van der Waals surface area contributed by atoms with Crippen LogP contribution in [-0.4, -0.2) is 25.0 Å². The van der Waals surface area contributed by atoms with Gasteiger partial charge in [0.05, 0.1) is 13.2 Å². The quantitative estimate of drug-likeness (QED) is 0.686. The van der Waals surface area contributed by atoms with E-state index in [4.69, 9.17) is 9.47 Å². The van der Waals surface area contributed by atoms with Crippen molar-refractivity contribution in [1.29, 1.82) is 0 Å². The number of rotatable bonds is 3. The molecule has 0 amide bonds. The molecule has 1 spiro atoms. The Hall–Kier alpha value is 0.120. The zero-order chi connectivity index (χ0) is 15.6. The maximum atomic E-state index is 6.34. The molecular weight excluding hydrogens is 449 g/mol. The molecule has 1 aromatic carbocycles. The molecule has 1 aromatic rings. The monoisotopic (exact) mass is 471 g/mol. The Morgan fingerprint density at radius 3 is 2.68 bits per heavy atom. The molecular formula is C20H23ClINO2. The van der Waals surface area contributed by atoms with Crippen molar-refractivity contribution in [3.63, 3.8) is 0 Å². The molecule has 6 aliphatic rings. The van der Waals surface area contributed by atoms with E-state index in [0.29, 0.717) is 17.9 Å². The zero-order valence-corrected chi connectivity index (χ0v) is 16.9. The van der Waals surface area contributed by atoms with Crippen molar-refractivity contribution in [3.8, 4) is 0 Å². The largest absolute Gasteiger partial charge is 0.347 e. The summed E-state index contributed by atoms with van der Waals surface area (Å²) < 4.78 is 14.0. The van der Waals surface area contributed by atoms with Crippen LogP contribution in [-0.2, 0) is 16.0 Å². The molecule has 5 aliphatic carbocycles. The standard InChI is InChI=1S/C20H22INO2.ClH/c21-10-3-1-2-9(6-10)8-22-19-15-11-7-12-14-13(11)16(19)18(14)20(17(12)15)23-4-5-24-20;/h1-3,6,11-19,22H,4-5,7-8H2;1H. The third kappa shape index (κ3) is 1.67. The Morgan fingerprint density at radius 1 is 1.04 bits per heavy atom. The van der Waals surface area contributed by atoms with Gasteiger partial charge in [-0.25, -0.2) is 0 Å². The molecule has 1 heterocycles. The summed E-state index contributed by atoms with van der Waals surface area (Å²) in [6.07, 6.45) is 1.47. The van der Waals surface area contributed by atoms with Gasteiger partial charge in [0.25, 0.3) is 0 Å². The summed E-state index contributed by atoms with van der Waals surface area (Å²) in [7, 11) is 0. The Labute approximate surface area is 168 Å². The van der Waals surface area contributed by atoms with Gasteiger partial charge in [-0.2, -0.15) is 0 Å². The van der Waals surface area contributed by atoms with Crippen LogP contribution in [0.25, 0.3) is 0 Å². The third-order valence-electron chi connectivity index (χ3n) is 8.55. The van der Waals surface area contributed by atoms with Gasteiger partial charge in [0.15, 0.2) is 5.79 Å². The molecule has 134 valence electrons. The first-order valence-electron chi connectivity index (χ1n) is 9.55. The van der Waals surface area contributed by atoms with Crippen LogP contribution >= 0.6 is 35.0 Å². The van der Waals surface area contributed by atoms with Crippen molar-refractivity contribution in [3.05, 3.63) is 33.4 Å². The summed E-state index contributed by atoms with van der Waals surface area (Å²) in [5.74, 6) is 6.63. The first kappa shape index (κ1) is 16.1.